The van der Waals surface area contributed by atoms with Gasteiger partial charge in [0.25, 0.3) is 5.91 Å². The molecule has 1 amide bonds. The summed E-state index contributed by atoms with van der Waals surface area (Å²) in [5, 5.41) is 5.60. The van der Waals surface area contributed by atoms with E-state index in [0.717, 1.165) is 30.0 Å². The topological polar surface area (TPSA) is 60.4 Å². The lowest BCUT2D eigenvalue weighted by atomic mass is 10.2. The average molecular weight is 374 g/mol. The number of ether oxygens (including phenoxy) is 3. The molecule has 9 heteroatoms. The minimum Gasteiger partial charge on any atom is -0.372 e. The van der Waals surface area contributed by atoms with E-state index in [4.69, 9.17) is 14.2 Å². The number of thioether (sulfide) groups is 1. The molecule has 0 saturated heterocycles. The molecule has 0 aromatic heterocycles. The summed E-state index contributed by atoms with van der Waals surface area (Å²) >= 11 is 1.12. The maximum Gasteiger partial charge on any atom is 0.272 e. The maximum absolute atomic E-state index is 14.1. The summed E-state index contributed by atoms with van der Waals surface area (Å²) < 4.78 is 42.9. The Kier molecular flexibility index (Phi) is 6.50. The number of halogens is 2. The predicted molar refractivity (Wildman–Crippen MR) is 90.0 cm³/mol. The Morgan fingerprint density at radius 1 is 1.40 bits per heavy atom. The Morgan fingerprint density at radius 3 is 2.76 bits per heavy atom. The van der Waals surface area contributed by atoms with Crippen LogP contribution in [-0.2, 0) is 19.0 Å². The van der Waals surface area contributed by atoms with Crippen molar-refractivity contribution in [2.75, 3.05) is 27.6 Å². The molecule has 0 saturated carbocycles. The second-order valence-corrected chi connectivity index (χ2v) is 7.06. The predicted octanol–water partition coefficient (Wildman–Crippen LogP) is 2.57. The molecular formula is C16H20F2N2O4S. The molecular weight excluding hydrogens is 354 g/mol. The largest absolute Gasteiger partial charge is 0.372 e. The average Bonchev–Trinajstić information content (AvgIpc) is 2.93. The zero-order valence-electron chi connectivity index (χ0n) is 14.4. The Balaban J connectivity index is 2.36. The van der Waals surface area contributed by atoms with Gasteiger partial charge in [-0.05, 0) is 32.0 Å². The Hall–Kier alpha value is -1.55. The number of methoxy groups -OCH3 is 2. The maximum atomic E-state index is 14.1. The molecule has 2 rings (SSSR count). The summed E-state index contributed by atoms with van der Waals surface area (Å²) in [6.07, 6.45) is -0.747. The molecule has 1 aliphatic rings. The lowest BCUT2D eigenvalue weighted by Gasteiger charge is -2.32. The standard InChI is InChI=1S/C16H20F2N2O4S/c1-10(23-4)15(21)20-16(2,8-24-9-22-3)25-14(19-20)12-7-11(17)5-6-13(12)18/h5-7,10H,8-9H2,1-4H3/t10-,16+/m0/s1. The van der Waals surface area contributed by atoms with E-state index in [9.17, 15) is 13.6 Å². The number of hydrogen-bond donors (Lipinski definition) is 0. The molecule has 0 N–H and O–H groups in total. The van der Waals surface area contributed by atoms with E-state index in [1.54, 1.807) is 13.8 Å². The monoisotopic (exact) mass is 374 g/mol. The van der Waals surface area contributed by atoms with Gasteiger partial charge in [0, 0.05) is 19.8 Å². The molecule has 0 bridgehead atoms. The molecule has 1 heterocycles. The highest BCUT2D eigenvalue weighted by Gasteiger charge is 2.45. The Morgan fingerprint density at radius 2 is 2.12 bits per heavy atom. The molecule has 1 aliphatic heterocycles. The van der Waals surface area contributed by atoms with Crippen molar-refractivity contribution in [3.63, 3.8) is 0 Å². The van der Waals surface area contributed by atoms with Crippen molar-refractivity contribution in [2.45, 2.75) is 24.8 Å². The summed E-state index contributed by atoms with van der Waals surface area (Å²) in [7, 11) is 2.88. The van der Waals surface area contributed by atoms with Crippen molar-refractivity contribution < 1.29 is 27.8 Å². The minimum absolute atomic E-state index is 0.0108. The van der Waals surface area contributed by atoms with Crippen LogP contribution in [0, 0.1) is 11.6 Å². The zero-order chi connectivity index (χ0) is 18.6. The number of nitrogens with zero attached hydrogens (tertiary/aromatic N) is 2. The van der Waals surface area contributed by atoms with Crippen LogP contribution in [0.5, 0.6) is 0 Å². The summed E-state index contributed by atoms with van der Waals surface area (Å²) in [6.45, 7) is 3.42. The number of carbonyl (C=O) groups excluding carboxylic acids is 1. The van der Waals surface area contributed by atoms with Crippen LogP contribution in [-0.4, -0.2) is 54.6 Å². The van der Waals surface area contributed by atoms with Crippen LogP contribution < -0.4 is 0 Å². The summed E-state index contributed by atoms with van der Waals surface area (Å²) in [5.74, 6) is -1.63. The first-order valence-corrected chi connectivity index (χ1v) is 8.30. The van der Waals surface area contributed by atoms with Crippen LogP contribution in [0.15, 0.2) is 23.3 Å². The number of amides is 1. The van der Waals surface area contributed by atoms with Crippen LogP contribution in [0.2, 0.25) is 0 Å². The normalized spacial score (nSPS) is 21.4. The zero-order valence-corrected chi connectivity index (χ0v) is 15.2. The number of hydrazone groups is 1. The summed E-state index contributed by atoms with van der Waals surface area (Å²) in [4.78, 5) is 11.6. The lowest BCUT2D eigenvalue weighted by Crippen LogP contribution is -2.48. The van der Waals surface area contributed by atoms with Gasteiger partial charge in [0.1, 0.15) is 34.4 Å². The van der Waals surface area contributed by atoms with Gasteiger partial charge in [-0.3, -0.25) is 4.79 Å². The molecule has 0 aliphatic carbocycles. The third kappa shape index (κ3) is 4.35. The second kappa shape index (κ2) is 8.22. The van der Waals surface area contributed by atoms with Gasteiger partial charge in [0.2, 0.25) is 0 Å². The molecule has 0 spiro atoms. The van der Waals surface area contributed by atoms with Crippen molar-refractivity contribution in [2.24, 2.45) is 5.10 Å². The van der Waals surface area contributed by atoms with E-state index < -0.39 is 28.5 Å². The highest BCUT2D eigenvalue weighted by molar-refractivity contribution is 8.15. The smallest absolute Gasteiger partial charge is 0.272 e. The van der Waals surface area contributed by atoms with Crippen molar-refractivity contribution >= 4 is 22.7 Å². The third-order valence-corrected chi connectivity index (χ3v) is 4.82. The molecule has 25 heavy (non-hydrogen) atoms. The number of hydrogen-bond acceptors (Lipinski definition) is 6. The molecule has 138 valence electrons. The molecule has 1 aromatic carbocycles. The SMILES string of the molecule is COCOC[C@@]1(C)SC(c2cc(F)ccc2F)=NN1C(=O)[C@H](C)OC. The van der Waals surface area contributed by atoms with Gasteiger partial charge in [0.15, 0.2) is 0 Å². The first kappa shape index (κ1) is 19.8. The van der Waals surface area contributed by atoms with E-state index >= 15 is 0 Å². The van der Waals surface area contributed by atoms with Crippen molar-refractivity contribution in [3.8, 4) is 0 Å². The Labute approximate surface area is 149 Å². The van der Waals surface area contributed by atoms with Gasteiger partial charge in [-0.15, -0.1) is 0 Å². The Bertz CT molecular complexity index is 674. The molecule has 0 fully saturated rings. The van der Waals surface area contributed by atoms with Crippen LogP contribution in [0.3, 0.4) is 0 Å². The quantitative estimate of drug-likeness (QED) is 0.542. The molecule has 0 unspecified atom stereocenters. The fourth-order valence-electron chi connectivity index (χ4n) is 2.20. The van der Waals surface area contributed by atoms with E-state index in [1.165, 1.54) is 19.2 Å². The number of benzene rings is 1. The van der Waals surface area contributed by atoms with Gasteiger partial charge < -0.3 is 14.2 Å². The van der Waals surface area contributed by atoms with Gasteiger partial charge in [-0.25, -0.2) is 13.8 Å². The van der Waals surface area contributed by atoms with Gasteiger partial charge in [0.05, 0.1) is 6.61 Å². The second-order valence-electron chi connectivity index (χ2n) is 5.59. The van der Waals surface area contributed by atoms with Crippen molar-refractivity contribution in [1.29, 1.82) is 0 Å². The molecule has 6 nitrogen and oxygen atoms in total. The van der Waals surface area contributed by atoms with Crippen LogP contribution >= 0.6 is 11.8 Å². The lowest BCUT2D eigenvalue weighted by molar-refractivity contribution is -0.146. The molecule has 1 aromatic rings. The van der Waals surface area contributed by atoms with E-state index in [-0.39, 0.29) is 24.0 Å². The van der Waals surface area contributed by atoms with Crippen LogP contribution in [0.25, 0.3) is 0 Å². The van der Waals surface area contributed by atoms with E-state index in [2.05, 4.69) is 5.10 Å². The van der Waals surface area contributed by atoms with E-state index in [1.807, 2.05) is 0 Å². The van der Waals surface area contributed by atoms with Gasteiger partial charge in [-0.1, -0.05) is 11.8 Å². The molecule has 2 atom stereocenters. The summed E-state index contributed by atoms with van der Waals surface area (Å²) in [5.41, 5.74) is -0.0108. The fourth-order valence-corrected chi connectivity index (χ4v) is 3.36. The first-order valence-electron chi connectivity index (χ1n) is 7.49. The van der Waals surface area contributed by atoms with Crippen molar-refractivity contribution in [3.05, 3.63) is 35.4 Å². The highest BCUT2D eigenvalue weighted by Crippen LogP contribution is 2.40. The van der Waals surface area contributed by atoms with E-state index in [0.29, 0.717) is 0 Å². The van der Waals surface area contributed by atoms with Gasteiger partial charge in [-0.2, -0.15) is 5.10 Å². The summed E-state index contributed by atoms with van der Waals surface area (Å²) in [6, 6.07) is 3.09. The fraction of sp³-hybridized carbons (Fsp3) is 0.500. The van der Waals surface area contributed by atoms with Crippen LogP contribution in [0.1, 0.15) is 19.4 Å². The first-order chi connectivity index (χ1) is 11.8. The minimum atomic E-state index is -0.948. The highest BCUT2D eigenvalue weighted by atomic mass is 32.2. The van der Waals surface area contributed by atoms with Gasteiger partial charge >= 0.3 is 0 Å². The number of carbonyl (C=O) groups is 1. The number of rotatable bonds is 7. The molecule has 0 radical (unpaired) electrons. The third-order valence-electron chi connectivity index (χ3n) is 3.60. The van der Waals surface area contributed by atoms with Crippen LogP contribution in [0.4, 0.5) is 8.78 Å². The van der Waals surface area contributed by atoms with Crippen molar-refractivity contribution in [1.82, 2.24) is 5.01 Å².